The number of hydrogen-bond donors (Lipinski definition) is 3. The van der Waals surface area contributed by atoms with Crippen LogP contribution >= 0.6 is 0 Å². The molecule has 0 fully saturated rings. The van der Waals surface area contributed by atoms with Crippen LogP contribution in [-0.4, -0.2) is 22.5 Å². The molecule has 1 amide bonds. The summed E-state index contributed by atoms with van der Waals surface area (Å²) in [6.45, 7) is 3.57. The third-order valence-electron chi connectivity index (χ3n) is 2.69. The monoisotopic (exact) mass is 250 g/mol. The summed E-state index contributed by atoms with van der Waals surface area (Å²) in [6, 6.07) is 6.25. The van der Waals surface area contributed by atoms with E-state index < -0.39 is 11.5 Å². The maximum atomic E-state index is 12.0. The highest BCUT2D eigenvalue weighted by Gasteiger charge is 2.28. The Morgan fingerprint density at radius 2 is 2.00 bits per heavy atom. The Balaban J connectivity index is 2.92. The summed E-state index contributed by atoms with van der Waals surface area (Å²) in [6.07, 6.45) is 1.31. The summed E-state index contributed by atoms with van der Waals surface area (Å²) in [5.74, 6) is -1.46. The van der Waals surface area contributed by atoms with Gasteiger partial charge < -0.3 is 16.2 Å². The maximum absolute atomic E-state index is 12.0. The number of carboxylic acids is 1. The quantitative estimate of drug-likeness (QED) is 0.743. The Hall–Kier alpha value is -1.88. The summed E-state index contributed by atoms with van der Waals surface area (Å²) >= 11 is 0. The second-order valence-electron chi connectivity index (χ2n) is 4.47. The Kier molecular flexibility index (Phi) is 4.44. The number of nitrogens with two attached hydrogens (primary N) is 1. The number of para-hydroxylation sites is 1. The van der Waals surface area contributed by atoms with E-state index in [0.29, 0.717) is 6.42 Å². The van der Waals surface area contributed by atoms with E-state index in [4.69, 9.17) is 10.8 Å². The largest absolute Gasteiger partial charge is 0.478 e. The van der Waals surface area contributed by atoms with Crippen LogP contribution in [0.5, 0.6) is 0 Å². The van der Waals surface area contributed by atoms with Gasteiger partial charge in [0.15, 0.2) is 0 Å². The number of anilines is 1. The van der Waals surface area contributed by atoms with Gasteiger partial charge in [0, 0.05) is 0 Å². The molecule has 18 heavy (non-hydrogen) atoms. The van der Waals surface area contributed by atoms with Gasteiger partial charge in [0.1, 0.15) is 0 Å². The van der Waals surface area contributed by atoms with Crippen LogP contribution in [0, 0.1) is 0 Å². The highest BCUT2D eigenvalue weighted by atomic mass is 16.4. The molecule has 1 rings (SSSR count). The first-order valence-electron chi connectivity index (χ1n) is 5.81. The number of benzene rings is 1. The van der Waals surface area contributed by atoms with Crippen molar-refractivity contribution < 1.29 is 14.7 Å². The minimum atomic E-state index is -1.08. The van der Waals surface area contributed by atoms with Gasteiger partial charge in [-0.3, -0.25) is 4.79 Å². The van der Waals surface area contributed by atoms with Crippen molar-refractivity contribution >= 4 is 17.6 Å². The zero-order valence-corrected chi connectivity index (χ0v) is 10.6. The average Bonchev–Trinajstić information content (AvgIpc) is 2.29. The molecule has 5 heteroatoms. The summed E-state index contributed by atoms with van der Waals surface area (Å²) in [4.78, 5) is 23.0. The molecule has 0 heterocycles. The Bertz CT molecular complexity index is 455. The third kappa shape index (κ3) is 3.30. The number of hydrogen-bond acceptors (Lipinski definition) is 3. The van der Waals surface area contributed by atoms with Crippen LogP contribution in [0.25, 0.3) is 0 Å². The Morgan fingerprint density at radius 3 is 2.56 bits per heavy atom. The number of carboxylic acid groups (broad SMARTS) is 1. The number of carbonyl (C=O) groups is 2. The first kappa shape index (κ1) is 14.2. The van der Waals surface area contributed by atoms with Gasteiger partial charge in [-0.1, -0.05) is 25.5 Å². The molecule has 4 N–H and O–H groups in total. The first-order chi connectivity index (χ1) is 8.38. The minimum absolute atomic E-state index is 0.0538. The highest BCUT2D eigenvalue weighted by Crippen LogP contribution is 2.18. The van der Waals surface area contributed by atoms with E-state index in [1.54, 1.807) is 25.1 Å². The van der Waals surface area contributed by atoms with E-state index in [1.165, 1.54) is 6.07 Å². The van der Waals surface area contributed by atoms with Gasteiger partial charge in [0.2, 0.25) is 5.91 Å². The summed E-state index contributed by atoms with van der Waals surface area (Å²) in [5, 5.41) is 11.6. The molecule has 0 bridgehead atoms. The van der Waals surface area contributed by atoms with E-state index in [-0.39, 0.29) is 17.2 Å². The van der Waals surface area contributed by atoms with Gasteiger partial charge >= 0.3 is 5.97 Å². The molecule has 0 saturated heterocycles. The molecule has 0 aromatic heterocycles. The van der Waals surface area contributed by atoms with E-state index in [1.807, 2.05) is 6.92 Å². The number of nitrogens with one attached hydrogen (secondary N) is 1. The number of amides is 1. The van der Waals surface area contributed by atoms with Crippen LogP contribution in [0.15, 0.2) is 24.3 Å². The molecule has 0 aliphatic heterocycles. The fraction of sp³-hybridized carbons (Fsp3) is 0.385. The highest BCUT2D eigenvalue weighted by molar-refractivity contribution is 6.03. The lowest BCUT2D eigenvalue weighted by Gasteiger charge is -2.23. The standard InChI is InChI=1S/C13H18N2O3/c1-3-8-13(2,14)12(18)15-10-7-5-4-6-9(10)11(16)17/h4-7H,3,8,14H2,1-2H3,(H,15,18)(H,16,17). The second kappa shape index (κ2) is 5.64. The molecule has 98 valence electrons. The van der Waals surface area contributed by atoms with Crippen molar-refractivity contribution in [2.75, 3.05) is 5.32 Å². The van der Waals surface area contributed by atoms with Crippen molar-refractivity contribution in [2.45, 2.75) is 32.2 Å². The van der Waals surface area contributed by atoms with E-state index in [0.717, 1.165) is 6.42 Å². The van der Waals surface area contributed by atoms with Gasteiger partial charge in [-0.25, -0.2) is 4.79 Å². The van der Waals surface area contributed by atoms with Gasteiger partial charge in [0.25, 0.3) is 0 Å². The molecule has 1 aromatic rings. The molecule has 0 saturated carbocycles. The number of carbonyl (C=O) groups excluding carboxylic acids is 1. The van der Waals surface area contributed by atoms with Crippen LogP contribution in [0.4, 0.5) is 5.69 Å². The van der Waals surface area contributed by atoms with Crippen LogP contribution < -0.4 is 11.1 Å². The predicted octanol–water partition coefficient (Wildman–Crippen LogP) is 1.84. The molecule has 0 aliphatic rings. The van der Waals surface area contributed by atoms with Crippen molar-refractivity contribution in [1.82, 2.24) is 0 Å². The zero-order chi connectivity index (χ0) is 13.8. The van der Waals surface area contributed by atoms with Crippen LogP contribution in [-0.2, 0) is 4.79 Å². The van der Waals surface area contributed by atoms with Crippen LogP contribution in [0.3, 0.4) is 0 Å². The van der Waals surface area contributed by atoms with Crippen molar-refractivity contribution in [3.63, 3.8) is 0 Å². The van der Waals surface area contributed by atoms with Crippen molar-refractivity contribution in [1.29, 1.82) is 0 Å². The predicted molar refractivity (Wildman–Crippen MR) is 69.5 cm³/mol. The van der Waals surface area contributed by atoms with Crippen molar-refractivity contribution in [3.8, 4) is 0 Å². The lowest BCUT2D eigenvalue weighted by atomic mass is 9.96. The lowest BCUT2D eigenvalue weighted by Crippen LogP contribution is -2.48. The molecule has 0 spiro atoms. The minimum Gasteiger partial charge on any atom is -0.478 e. The van der Waals surface area contributed by atoms with Crippen LogP contribution in [0.2, 0.25) is 0 Å². The molecule has 5 nitrogen and oxygen atoms in total. The smallest absolute Gasteiger partial charge is 0.337 e. The molecular weight excluding hydrogens is 232 g/mol. The van der Waals surface area contributed by atoms with E-state index >= 15 is 0 Å². The molecule has 1 atom stereocenters. The number of rotatable bonds is 5. The Labute approximate surface area is 106 Å². The summed E-state index contributed by atoms with van der Waals surface area (Å²) in [5.41, 5.74) is 5.21. The fourth-order valence-corrected chi connectivity index (χ4v) is 1.68. The SMILES string of the molecule is CCCC(C)(N)C(=O)Nc1ccccc1C(=O)O. The van der Waals surface area contributed by atoms with Crippen molar-refractivity contribution in [2.24, 2.45) is 5.73 Å². The van der Waals surface area contributed by atoms with Gasteiger partial charge in [-0.2, -0.15) is 0 Å². The second-order valence-corrected chi connectivity index (χ2v) is 4.47. The van der Waals surface area contributed by atoms with Gasteiger partial charge in [-0.05, 0) is 25.5 Å². The Morgan fingerprint density at radius 1 is 1.39 bits per heavy atom. The maximum Gasteiger partial charge on any atom is 0.337 e. The lowest BCUT2D eigenvalue weighted by molar-refractivity contribution is -0.120. The number of aromatic carboxylic acids is 1. The summed E-state index contributed by atoms with van der Waals surface area (Å²) in [7, 11) is 0. The molecule has 1 aromatic carbocycles. The topological polar surface area (TPSA) is 92.4 Å². The van der Waals surface area contributed by atoms with Crippen LogP contribution in [0.1, 0.15) is 37.0 Å². The van der Waals surface area contributed by atoms with Crippen molar-refractivity contribution in [3.05, 3.63) is 29.8 Å². The molecular formula is C13H18N2O3. The van der Waals surface area contributed by atoms with Gasteiger partial charge in [0.05, 0.1) is 16.8 Å². The molecule has 1 unspecified atom stereocenters. The average molecular weight is 250 g/mol. The zero-order valence-electron chi connectivity index (χ0n) is 10.6. The van der Waals surface area contributed by atoms with E-state index in [2.05, 4.69) is 5.32 Å². The van der Waals surface area contributed by atoms with E-state index in [9.17, 15) is 9.59 Å². The fourth-order valence-electron chi connectivity index (χ4n) is 1.68. The third-order valence-corrected chi connectivity index (χ3v) is 2.69. The van der Waals surface area contributed by atoms with Gasteiger partial charge in [-0.15, -0.1) is 0 Å². The first-order valence-corrected chi connectivity index (χ1v) is 5.81. The molecule has 0 radical (unpaired) electrons. The summed E-state index contributed by atoms with van der Waals surface area (Å²) < 4.78 is 0. The molecule has 0 aliphatic carbocycles. The normalized spacial score (nSPS) is 13.7.